The number of hydrogen-bond donors (Lipinski definition) is 0. The van der Waals surface area contributed by atoms with Crippen LogP contribution in [0.4, 0.5) is 0 Å². The molecule has 0 aliphatic rings. The minimum atomic E-state index is -0.00615. The van der Waals surface area contributed by atoms with Gasteiger partial charge >= 0.3 is 108 Å². The van der Waals surface area contributed by atoms with E-state index in [4.69, 9.17) is 0 Å². The van der Waals surface area contributed by atoms with Gasteiger partial charge in [-0.05, 0) is 0 Å². The van der Waals surface area contributed by atoms with Gasteiger partial charge in [-0.25, -0.2) is 0 Å². The molecule has 0 saturated heterocycles. The Kier molecular flexibility index (Phi) is 3.99. The fourth-order valence-corrected chi connectivity index (χ4v) is 4.05. The number of hydrogen-bond acceptors (Lipinski definition) is 0. The van der Waals surface area contributed by atoms with Gasteiger partial charge in [-0.3, -0.25) is 0 Å². The van der Waals surface area contributed by atoms with E-state index in [0.717, 1.165) is 6.42 Å². The van der Waals surface area contributed by atoms with E-state index in [-0.39, 0.29) is 21.2 Å². The maximum absolute atomic E-state index is 2.31. The van der Waals surface area contributed by atoms with Crippen LogP contribution in [0.5, 0.6) is 0 Å². The van der Waals surface area contributed by atoms with Crippen molar-refractivity contribution in [3.63, 3.8) is 0 Å². The summed E-state index contributed by atoms with van der Waals surface area (Å²) >= 11 is -0.00615. The molecule has 0 heterocycles. The van der Waals surface area contributed by atoms with Crippen molar-refractivity contribution in [2.24, 2.45) is 0 Å². The first-order valence-corrected chi connectivity index (χ1v) is 7.74. The second-order valence-electron chi connectivity index (χ2n) is 3.87. The van der Waals surface area contributed by atoms with Gasteiger partial charge in [-0.1, -0.05) is 0 Å². The summed E-state index contributed by atoms with van der Waals surface area (Å²) in [6, 6.07) is 18.0. The molecule has 0 aromatic heterocycles. The third kappa shape index (κ3) is 3.08. The molecule has 0 unspecified atom stereocenters. The Hall–Kier alpha value is -0.830. The molecule has 0 fully saturated rings. The van der Waals surface area contributed by atoms with Gasteiger partial charge in [0.25, 0.3) is 0 Å². The molecule has 0 aliphatic carbocycles. The van der Waals surface area contributed by atoms with Gasteiger partial charge in [-0.2, -0.15) is 0 Å². The molecule has 16 heavy (non-hydrogen) atoms. The molecule has 0 saturated carbocycles. The van der Waals surface area contributed by atoms with Gasteiger partial charge in [0.2, 0.25) is 0 Å². The number of benzene rings is 2. The van der Waals surface area contributed by atoms with Gasteiger partial charge in [0.05, 0.1) is 0 Å². The monoisotopic (exact) mass is 323 g/mol. The van der Waals surface area contributed by atoms with Crippen molar-refractivity contribution >= 4 is 0 Å². The van der Waals surface area contributed by atoms with Crippen molar-refractivity contribution in [1.82, 2.24) is 0 Å². The first-order valence-electron chi connectivity index (χ1n) is 5.58. The number of halogens is 1. The van der Waals surface area contributed by atoms with Crippen molar-refractivity contribution in [3.05, 3.63) is 66.8 Å². The normalized spacial score (nSPS) is 10.6. The van der Waals surface area contributed by atoms with Crippen molar-refractivity contribution in [1.29, 1.82) is 0 Å². The van der Waals surface area contributed by atoms with Gasteiger partial charge < -0.3 is 0 Å². The van der Waals surface area contributed by atoms with Gasteiger partial charge in [0.1, 0.15) is 0 Å². The zero-order chi connectivity index (χ0) is 11.4. The standard InChI is InChI=1S/C15H16I/c1-3-13-7-9-14(10-8-13)16-15-6-4-5-12(2)11-15/h4-11H,3H2,1-2H3/q-1. The van der Waals surface area contributed by atoms with Crippen LogP contribution in [0.2, 0.25) is 0 Å². The zero-order valence-electron chi connectivity index (χ0n) is 9.70. The molecular formula is C15H16I-. The van der Waals surface area contributed by atoms with E-state index in [9.17, 15) is 0 Å². The molecule has 0 radical (unpaired) electrons. The molecule has 2 aromatic carbocycles. The molecule has 0 aliphatic heterocycles. The summed E-state index contributed by atoms with van der Waals surface area (Å²) in [5.74, 6) is 0. The Morgan fingerprint density at radius 2 is 1.69 bits per heavy atom. The Morgan fingerprint density at radius 1 is 0.938 bits per heavy atom. The second-order valence-corrected chi connectivity index (χ2v) is 6.90. The number of aryl methyl sites for hydroxylation is 2. The molecular weight excluding hydrogens is 307 g/mol. The average molecular weight is 323 g/mol. The molecule has 0 bridgehead atoms. The topological polar surface area (TPSA) is 0 Å². The van der Waals surface area contributed by atoms with Gasteiger partial charge in [-0.15, -0.1) is 0 Å². The Balaban J connectivity index is 2.14. The zero-order valence-corrected chi connectivity index (χ0v) is 11.9. The van der Waals surface area contributed by atoms with E-state index in [1.54, 1.807) is 0 Å². The Labute approximate surface area is 108 Å². The predicted molar refractivity (Wildman–Crippen MR) is 64.4 cm³/mol. The van der Waals surface area contributed by atoms with Crippen LogP contribution in [-0.2, 0) is 6.42 Å². The first kappa shape index (κ1) is 11.6. The van der Waals surface area contributed by atoms with Crippen LogP contribution in [0.3, 0.4) is 0 Å². The van der Waals surface area contributed by atoms with E-state index in [1.165, 1.54) is 18.3 Å². The molecule has 0 atom stereocenters. The summed E-state index contributed by atoms with van der Waals surface area (Å²) in [6.07, 6.45) is 1.13. The SMILES string of the molecule is CCc1ccc([I-]c2cccc(C)c2)cc1. The summed E-state index contributed by atoms with van der Waals surface area (Å²) in [7, 11) is 0. The van der Waals surface area contributed by atoms with E-state index in [1.807, 2.05) is 0 Å². The predicted octanol–water partition coefficient (Wildman–Crippen LogP) is 0.686. The molecule has 0 amide bonds. The quantitative estimate of drug-likeness (QED) is 0.729. The van der Waals surface area contributed by atoms with E-state index in [0.29, 0.717) is 0 Å². The molecule has 0 N–H and O–H groups in total. The third-order valence-electron chi connectivity index (χ3n) is 2.52. The van der Waals surface area contributed by atoms with Crippen molar-refractivity contribution < 1.29 is 21.2 Å². The van der Waals surface area contributed by atoms with Crippen LogP contribution < -0.4 is 21.2 Å². The van der Waals surface area contributed by atoms with Crippen molar-refractivity contribution in [3.8, 4) is 0 Å². The van der Waals surface area contributed by atoms with E-state index < -0.39 is 0 Å². The summed E-state index contributed by atoms with van der Waals surface area (Å²) in [5.41, 5.74) is 2.79. The number of rotatable bonds is 3. The van der Waals surface area contributed by atoms with Crippen LogP contribution in [0.25, 0.3) is 0 Å². The summed E-state index contributed by atoms with van der Waals surface area (Å²) in [4.78, 5) is 0. The van der Waals surface area contributed by atoms with Crippen LogP contribution in [0, 0.1) is 14.1 Å². The maximum atomic E-state index is 2.31. The molecule has 0 nitrogen and oxygen atoms in total. The Bertz CT molecular complexity index is 457. The summed E-state index contributed by atoms with van der Waals surface area (Å²) in [5, 5.41) is 0. The fraction of sp³-hybridized carbons (Fsp3) is 0.200. The minimum absolute atomic E-state index is 0.00615. The van der Waals surface area contributed by atoms with E-state index >= 15 is 0 Å². The van der Waals surface area contributed by atoms with E-state index in [2.05, 4.69) is 62.4 Å². The first-order chi connectivity index (χ1) is 7.78. The van der Waals surface area contributed by atoms with Crippen LogP contribution >= 0.6 is 0 Å². The third-order valence-corrected chi connectivity index (χ3v) is 5.16. The van der Waals surface area contributed by atoms with Gasteiger partial charge in [0.15, 0.2) is 0 Å². The van der Waals surface area contributed by atoms with Crippen LogP contribution in [0.15, 0.2) is 48.5 Å². The van der Waals surface area contributed by atoms with Gasteiger partial charge in [0, 0.05) is 0 Å². The fourth-order valence-electron chi connectivity index (χ4n) is 1.57. The summed E-state index contributed by atoms with van der Waals surface area (Å²) < 4.78 is 3.00. The van der Waals surface area contributed by atoms with Crippen molar-refractivity contribution in [2.75, 3.05) is 0 Å². The summed E-state index contributed by atoms with van der Waals surface area (Å²) in [6.45, 7) is 4.36. The average Bonchev–Trinajstić information content (AvgIpc) is 2.30. The molecule has 2 aromatic rings. The molecule has 1 heteroatoms. The Morgan fingerprint density at radius 3 is 2.31 bits per heavy atom. The van der Waals surface area contributed by atoms with Crippen LogP contribution in [0.1, 0.15) is 18.1 Å². The molecule has 0 spiro atoms. The molecule has 84 valence electrons. The van der Waals surface area contributed by atoms with Crippen molar-refractivity contribution in [2.45, 2.75) is 20.3 Å². The molecule has 2 rings (SSSR count). The second kappa shape index (κ2) is 5.48. The van der Waals surface area contributed by atoms with Crippen LogP contribution in [-0.4, -0.2) is 0 Å².